The van der Waals surface area contributed by atoms with Crippen LogP contribution in [0.5, 0.6) is 0 Å². The maximum Gasteiger partial charge on any atom is 0.338 e. The Morgan fingerprint density at radius 1 is 1.00 bits per heavy atom. The van der Waals surface area contributed by atoms with Gasteiger partial charge in [-0.2, -0.15) is 0 Å². The van der Waals surface area contributed by atoms with Gasteiger partial charge in [0.15, 0.2) is 6.61 Å². The molecule has 0 unspecified atom stereocenters. The normalized spacial score (nSPS) is 10.1. The van der Waals surface area contributed by atoms with Crippen molar-refractivity contribution in [2.24, 2.45) is 0 Å². The highest BCUT2D eigenvalue weighted by molar-refractivity contribution is 5.95. The Bertz CT molecular complexity index is 802. The van der Waals surface area contributed by atoms with Crippen molar-refractivity contribution in [2.45, 2.75) is 13.5 Å². The number of amides is 2. The molecule has 2 aromatic carbocycles. The van der Waals surface area contributed by atoms with Crippen LogP contribution in [0.15, 0.2) is 42.5 Å². The van der Waals surface area contributed by atoms with Crippen molar-refractivity contribution in [3.8, 4) is 0 Å². The lowest BCUT2D eigenvalue weighted by molar-refractivity contribution is -0.119. The van der Waals surface area contributed by atoms with Gasteiger partial charge in [0.05, 0.1) is 5.56 Å². The van der Waals surface area contributed by atoms with E-state index in [0.29, 0.717) is 12.6 Å². The first kappa shape index (κ1) is 19.0. The molecular weight excluding hydrogens is 346 g/mol. The molecule has 0 heterocycles. The third-order valence-electron chi connectivity index (χ3n) is 3.21. The average Bonchev–Trinajstić information content (AvgIpc) is 2.57. The van der Waals surface area contributed by atoms with Gasteiger partial charge in [-0.3, -0.25) is 9.59 Å². The quantitative estimate of drug-likeness (QED) is 0.773. The van der Waals surface area contributed by atoms with Crippen LogP contribution in [0.25, 0.3) is 0 Å². The van der Waals surface area contributed by atoms with Crippen LogP contribution in [0.2, 0.25) is 0 Å². The van der Waals surface area contributed by atoms with E-state index >= 15 is 0 Å². The van der Waals surface area contributed by atoms with Crippen LogP contribution < -0.4 is 10.6 Å². The summed E-state index contributed by atoms with van der Waals surface area (Å²) in [4.78, 5) is 34.4. The number of benzene rings is 2. The van der Waals surface area contributed by atoms with Crippen molar-refractivity contribution in [3.63, 3.8) is 0 Å². The van der Waals surface area contributed by atoms with E-state index in [9.17, 15) is 23.2 Å². The number of hydrogen-bond acceptors (Lipinski definition) is 4. The maximum atomic E-state index is 13.0. The van der Waals surface area contributed by atoms with Crippen LogP contribution in [0, 0.1) is 11.6 Å². The van der Waals surface area contributed by atoms with Gasteiger partial charge in [-0.1, -0.05) is 12.1 Å². The average molecular weight is 362 g/mol. The van der Waals surface area contributed by atoms with E-state index in [1.165, 1.54) is 19.1 Å². The number of carbonyl (C=O) groups excluding carboxylic acids is 3. The maximum absolute atomic E-state index is 13.0. The summed E-state index contributed by atoms with van der Waals surface area (Å²) in [6.45, 7) is 1.12. The fraction of sp³-hybridized carbons (Fsp3) is 0.167. The molecule has 6 nitrogen and oxygen atoms in total. The van der Waals surface area contributed by atoms with Gasteiger partial charge < -0.3 is 15.4 Å². The molecule has 2 N–H and O–H groups in total. The van der Waals surface area contributed by atoms with E-state index < -0.39 is 30.1 Å². The highest BCUT2D eigenvalue weighted by Gasteiger charge is 2.11. The zero-order valence-corrected chi connectivity index (χ0v) is 13.8. The predicted octanol–water partition coefficient (Wildman–Crippen LogP) is 2.40. The largest absolute Gasteiger partial charge is 0.452 e. The fourth-order valence-corrected chi connectivity index (χ4v) is 2.02. The number of nitrogens with one attached hydrogen (secondary N) is 2. The molecule has 2 amide bonds. The molecule has 0 radical (unpaired) electrons. The van der Waals surface area contributed by atoms with Gasteiger partial charge in [0, 0.05) is 25.2 Å². The first-order valence-corrected chi connectivity index (χ1v) is 7.60. The summed E-state index contributed by atoms with van der Waals surface area (Å²) in [5.74, 6) is -3.30. The van der Waals surface area contributed by atoms with Gasteiger partial charge >= 0.3 is 5.97 Å². The smallest absolute Gasteiger partial charge is 0.338 e. The van der Waals surface area contributed by atoms with E-state index in [2.05, 4.69) is 10.6 Å². The van der Waals surface area contributed by atoms with Crippen molar-refractivity contribution in [1.29, 1.82) is 0 Å². The van der Waals surface area contributed by atoms with Crippen LogP contribution in [-0.2, 0) is 20.9 Å². The zero-order chi connectivity index (χ0) is 19.1. The summed E-state index contributed by atoms with van der Waals surface area (Å²) < 4.78 is 30.9. The van der Waals surface area contributed by atoms with Crippen molar-refractivity contribution in [1.82, 2.24) is 5.32 Å². The SMILES string of the molecule is CC(=O)NCc1ccc(C(=O)OCC(=O)Nc2cc(F)cc(F)c2)cc1. The second-order valence-electron chi connectivity index (χ2n) is 5.39. The summed E-state index contributed by atoms with van der Waals surface area (Å²) in [6, 6.07) is 8.83. The molecule has 0 aromatic heterocycles. The number of esters is 1. The van der Waals surface area contributed by atoms with Crippen LogP contribution in [0.1, 0.15) is 22.8 Å². The number of carbonyl (C=O) groups is 3. The molecule has 0 saturated carbocycles. The number of ether oxygens (including phenoxy) is 1. The summed E-state index contributed by atoms with van der Waals surface area (Å²) in [6.07, 6.45) is 0. The highest BCUT2D eigenvalue weighted by Crippen LogP contribution is 2.13. The minimum absolute atomic E-state index is 0.0779. The van der Waals surface area contributed by atoms with Crippen LogP contribution in [0.4, 0.5) is 14.5 Å². The van der Waals surface area contributed by atoms with Gasteiger partial charge in [-0.05, 0) is 29.8 Å². The third kappa shape index (κ3) is 5.97. The highest BCUT2D eigenvalue weighted by atomic mass is 19.1. The topological polar surface area (TPSA) is 84.5 Å². The number of anilines is 1. The van der Waals surface area contributed by atoms with Gasteiger partial charge in [0.1, 0.15) is 11.6 Å². The van der Waals surface area contributed by atoms with E-state index in [1.54, 1.807) is 12.1 Å². The van der Waals surface area contributed by atoms with Gasteiger partial charge in [-0.15, -0.1) is 0 Å². The third-order valence-corrected chi connectivity index (χ3v) is 3.21. The lowest BCUT2D eigenvalue weighted by atomic mass is 10.1. The zero-order valence-electron chi connectivity index (χ0n) is 13.8. The number of halogens is 2. The molecule has 136 valence electrons. The summed E-state index contributed by atoms with van der Waals surface area (Å²) in [5.41, 5.74) is 0.940. The summed E-state index contributed by atoms with van der Waals surface area (Å²) in [5, 5.41) is 4.85. The van der Waals surface area contributed by atoms with E-state index in [4.69, 9.17) is 4.74 Å². The fourth-order valence-electron chi connectivity index (χ4n) is 2.02. The van der Waals surface area contributed by atoms with Crippen LogP contribution in [-0.4, -0.2) is 24.4 Å². The van der Waals surface area contributed by atoms with Gasteiger partial charge in [0.25, 0.3) is 5.91 Å². The lowest BCUT2D eigenvalue weighted by Gasteiger charge is -2.08. The minimum atomic E-state index is -0.836. The molecule has 0 saturated heterocycles. The van der Waals surface area contributed by atoms with Crippen molar-refractivity contribution < 1.29 is 27.9 Å². The summed E-state index contributed by atoms with van der Waals surface area (Å²) >= 11 is 0. The van der Waals surface area contributed by atoms with Gasteiger partial charge in [0.2, 0.25) is 5.91 Å². The monoisotopic (exact) mass is 362 g/mol. The molecule has 26 heavy (non-hydrogen) atoms. The Balaban J connectivity index is 1.85. The number of rotatable bonds is 6. The Labute approximate surface area is 148 Å². The molecule has 0 atom stereocenters. The number of hydrogen-bond donors (Lipinski definition) is 2. The summed E-state index contributed by atoms with van der Waals surface area (Å²) in [7, 11) is 0. The van der Waals surface area contributed by atoms with Gasteiger partial charge in [-0.25, -0.2) is 13.6 Å². The molecule has 2 rings (SSSR count). The van der Waals surface area contributed by atoms with E-state index in [0.717, 1.165) is 17.7 Å². The molecule has 0 bridgehead atoms. The van der Waals surface area contributed by atoms with Crippen molar-refractivity contribution in [3.05, 3.63) is 65.2 Å². The van der Waals surface area contributed by atoms with E-state index in [-0.39, 0.29) is 17.2 Å². The molecule has 0 fully saturated rings. The first-order valence-electron chi connectivity index (χ1n) is 7.60. The van der Waals surface area contributed by atoms with Crippen LogP contribution in [0.3, 0.4) is 0 Å². The molecule has 0 aliphatic heterocycles. The Morgan fingerprint density at radius 2 is 1.62 bits per heavy atom. The minimum Gasteiger partial charge on any atom is -0.452 e. The Kier molecular flexibility index (Phi) is 6.37. The predicted molar refractivity (Wildman–Crippen MR) is 89.2 cm³/mol. The second-order valence-corrected chi connectivity index (χ2v) is 5.39. The molecule has 0 aliphatic rings. The molecule has 0 aliphatic carbocycles. The van der Waals surface area contributed by atoms with E-state index in [1.807, 2.05) is 0 Å². The first-order chi connectivity index (χ1) is 12.3. The van der Waals surface area contributed by atoms with Crippen molar-refractivity contribution >= 4 is 23.5 Å². The van der Waals surface area contributed by atoms with Crippen molar-refractivity contribution in [2.75, 3.05) is 11.9 Å². The second kappa shape index (κ2) is 8.70. The Morgan fingerprint density at radius 3 is 2.19 bits per heavy atom. The molecule has 0 spiro atoms. The Hall–Kier alpha value is -3.29. The molecule has 2 aromatic rings. The molecular formula is C18H16F2N2O4. The van der Waals surface area contributed by atoms with Crippen LogP contribution >= 0.6 is 0 Å². The molecule has 8 heteroatoms. The standard InChI is InChI=1S/C18H16F2N2O4/c1-11(23)21-9-12-2-4-13(5-3-12)18(25)26-10-17(24)22-16-7-14(19)6-15(20)8-16/h2-8H,9-10H2,1H3,(H,21,23)(H,22,24). The lowest BCUT2D eigenvalue weighted by Crippen LogP contribution is -2.21.